The van der Waals surface area contributed by atoms with Crippen LogP contribution in [0.25, 0.3) is 22.6 Å². The van der Waals surface area contributed by atoms with E-state index in [-0.39, 0.29) is 0 Å². The molecule has 1 fully saturated rings. The van der Waals surface area contributed by atoms with Gasteiger partial charge in [0, 0.05) is 30.9 Å². The summed E-state index contributed by atoms with van der Waals surface area (Å²) in [6, 6.07) is 25.2. The van der Waals surface area contributed by atoms with Gasteiger partial charge >= 0.3 is 6.01 Å². The van der Waals surface area contributed by atoms with Gasteiger partial charge in [-0.25, -0.2) is 0 Å². The van der Waals surface area contributed by atoms with Crippen molar-refractivity contribution in [2.45, 2.75) is 13.5 Å². The van der Waals surface area contributed by atoms with Crippen LogP contribution >= 0.6 is 0 Å². The van der Waals surface area contributed by atoms with Gasteiger partial charge in [-0.2, -0.15) is 0 Å². The van der Waals surface area contributed by atoms with Gasteiger partial charge in [0.1, 0.15) is 0 Å². The van der Waals surface area contributed by atoms with E-state index in [1.165, 1.54) is 11.1 Å². The number of benzene rings is 3. The molecule has 6 nitrogen and oxygen atoms in total. The molecule has 1 aliphatic rings. The Morgan fingerprint density at radius 2 is 1.66 bits per heavy atom. The van der Waals surface area contributed by atoms with E-state index >= 15 is 0 Å². The second kappa shape index (κ2) is 9.34. The fourth-order valence-corrected chi connectivity index (χ4v) is 4.07. The lowest BCUT2D eigenvalue weighted by Crippen LogP contribution is -2.35. The summed E-state index contributed by atoms with van der Waals surface area (Å²) in [5.41, 5.74) is 6.55. The molecule has 1 aromatic heterocycles. The van der Waals surface area contributed by atoms with Gasteiger partial charge < -0.3 is 14.5 Å². The molecule has 32 heavy (non-hydrogen) atoms. The molecular weight excluding hydrogens is 400 g/mol. The maximum Gasteiger partial charge on any atom is 0.320 e. The van der Waals surface area contributed by atoms with Gasteiger partial charge in [0.25, 0.3) is 0 Å². The maximum atomic E-state index is 5.97. The van der Waals surface area contributed by atoms with Gasteiger partial charge in [-0.15, -0.1) is 5.10 Å². The lowest BCUT2D eigenvalue weighted by molar-refractivity contribution is 0.0342. The Labute approximate surface area is 187 Å². The molecular formula is C26H26N4O2. The van der Waals surface area contributed by atoms with E-state index in [2.05, 4.69) is 57.7 Å². The average molecular weight is 427 g/mol. The van der Waals surface area contributed by atoms with Crippen molar-refractivity contribution in [2.75, 3.05) is 31.6 Å². The Balaban J connectivity index is 1.33. The van der Waals surface area contributed by atoms with Gasteiger partial charge in [-0.3, -0.25) is 4.90 Å². The van der Waals surface area contributed by atoms with Crippen molar-refractivity contribution in [3.05, 3.63) is 83.9 Å². The van der Waals surface area contributed by atoms with E-state index in [0.29, 0.717) is 11.9 Å². The SMILES string of the molecule is Cc1c(-c2ccccc2)cccc1-c1nnc(Nc2cccc(CN3CCOCC3)c2)o1. The summed E-state index contributed by atoms with van der Waals surface area (Å²) in [7, 11) is 0. The smallest absolute Gasteiger partial charge is 0.320 e. The number of nitrogens with one attached hydrogen (secondary N) is 1. The predicted molar refractivity (Wildman–Crippen MR) is 126 cm³/mol. The van der Waals surface area contributed by atoms with Crippen LogP contribution in [0.4, 0.5) is 11.7 Å². The summed E-state index contributed by atoms with van der Waals surface area (Å²) in [4.78, 5) is 2.40. The van der Waals surface area contributed by atoms with E-state index in [1.807, 2.05) is 42.5 Å². The molecule has 2 heterocycles. The number of hydrogen-bond donors (Lipinski definition) is 1. The second-order valence-corrected chi connectivity index (χ2v) is 7.97. The molecule has 1 saturated heterocycles. The monoisotopic (exact) mass is 426 g/mol. The van der Waals surface area contributed by atoms with Crippen molar-refractivity contribution in [2.24, 2.45) is 0 Å². The third-order valence-corrected chi connectivity index (χ3v) is 5.76. The number of aromatic nitrogens is 2. The van der Waals surface area contributed by atoms with Crippen LogP contribution in [-0.4, -0.2) is 41.4 Å². The molecule has 6 heteroatoms. The highest BCUT2D eigenvalue weighted by Gasteiger charge is 2.15. The third kappa shape index (κ3) is 4.56. The van der Waals surface area contributed by atoms with Gasteiger partial charge in [0.05, 0.1) is 13.2 Å². The minimum absolute atomic E-state index is 0.382. The van der Waals surface area contributed by atoms with Gasteiger partial charge in [0.15, 0.2) is 0 Å². The van der Waals surface area contributed by atoms with Crippen molar-refractivity contribution >= 4 is 11.7 Å². The van der Waals surface area contributed by atoms with Gasteiger partial charge in [-0.05, 0) is 47.4 Å². The van der Waals surface area contributed by atoms with Crippen molar-refractivity contribution < 1.29 is 9.15 Å². The van der Waals surface area contributed by atoms with Crippen LogP contribution < -0.4 is 5.32 Å². The van der Waals surface area contributed by atoms with Crippen LogP contribution in [0.3, 0.4) is 0 Å². The normalized spacial score (nSPS) is 14.4. The minimum atomic E-state index is 0.382. The van der Waals surface area contributed by atoms with Crippen molar-refractivity contribution in [3.8, 4) is 22.6 Å². The molecule has 5 rings (SSSR count). The molecule has 0 aliphatic carbocycles. The summed E-state index contributed by atoms with van der Waals surface area (Å²) in [5, 5.41) is 11.8. The van der Waals surface area contributed by atoms with E-state index in [1.54, 1.807) is 0 Å². The Morgan fingerprint density at radius 1 is 0.875 bits per heavy atom. The zero-order valence-corrected chi connectivity index (χ0v) is 18.1. The maximum absolute atomic E-state index is 5.97. The van der Waals surface area contributed by atoms with Crippen molar-refractivity contribution in [1.82, 2.24) is 15.1 Å². The third-order valence-electron chi connectivity index (χ3n) is 5.76. The molecule has 1 N–H and O–H groups in total. The van der Waals surface area contributed by atoms with E-state index in [9.17, 15) is 0 Å². The highest BCUT2D eigenvalue weighted by molar-refractivity contribution is 5.75. The first kappa shape index (κ1) is 20.4. The van der Waals surface area contributed by atoms with Gasteiger partial charge in [0.2, 0.25) is 5.89 Å². The Kier molecular flexibility index (Phi) is 5.96. The molecule has 1 aliphatic heterocycles. The number of morpholine rings is 1. The lowest BCUT2D eigenvalue weighted by Gasteiger charge is -2.26. The zero-order valence-electron chi connectivity index (χ0n) is 18.1. The molecule has 0 spiro atoms. The van der Waals surface area contributed by atoms with E-state index < -0.39 is 0 Å². The number of hydrogen-bond acceptors (Lipinski definition) is 6. The fourth-order valence-electron chi connectivity index (χ4n) is 4.07. The van der Waals surface area contributed by atoms with Crippen molar-refractivity contribution in [3.63, 3.8) is 0 Å². The Morgan fingerprint density at radius 3 is 2.50 bits per heavy atom. The van der Waals surface area contributed by atoms with Crippen molar-refractivity contribution in [1.29, 1.82) is 0 Å². The topological polar surface area (TPSA) is 63.4 Å². The molecule has 0 amide bonds. The summed E-state index contributed by atoms with van der Waals surface area (Å²) in [5.74, 6) is 0.507. The Hall–Kier alpha value is -3.48. The predicted octanol–water partition coefficient (Wildman–Crippen LogP) is 5.29. The van der Waals surface area contributed by atoms with E-state index in [4.69, 9.17) is 9.15 Å². The standard InChI is InChI=1S/C26H26N4O2/c1-19-23(21-8-3-2-4-9-21)11-6-12-24(19)25-28-29-26(32-25)27-22-10-5-7-20(17-22)18-30-13-15-31-16-14-30/h2-12,17H,13-16,18H2,1H3,(H,27,29). The van der Waals surface area contributed by atoms with Crippen LogP contribution in [-0.2, 0) is 11.3 Å². The fraction of sp³-hybridized carbons (Fsp3) is 0.231. The first-order valence-electron chi connectivity index (χ1n) is 10.9. The number of ether oxygens (including phenoxy) is 1. The van der Waals surface area contributed by atoms with Crippen LogP contribution in [0, 0.1) is 6.92 Å². The minimum Gasteiger partial charge on any atom is -0.403 e. The molecule has 0 bridgehead atoms. The summed E-state index contributed by atoms with van der Waals surface area (Å²) >= 11 is 0. The van der Waals surface area contributed by atoms with Crippen LogP contribution in [0.1, 0.15) is 11.1 Å². The number of nitrogens with zero attached hydrogens (tertiary/aromatic N) is 3. The molecule has 162 valence electrons. The largest absolute Gasteiger partial charge is 0.403 e. The highest BCUT2D eigenvalue weighted by atomic mass is 16.5. The zero-order chi connectivity index (χ0) is 21.8. The molecule has 4 aromatic rings. The first-order chi connectivity index (χ1) is 15.8. The first-order valence-corrected chi connectivity index (χ1v) is 10.9. The Bertz CT molecular complexity index is 1180. The van der Waals surface area contributed by atoms with E-state index in [0.717, 1.165) is 55.2 Å². The number of anilines is 2. The molecule has 0 radical (unpaired) electrons. The molecule has 0 saturated carbocycles. The van der Waals surface area contributed by atoms with Crippen LogP contribution in [0.2, 0.25) is 0 Å². The summed E-state index contributed by atoms with van der Waals surface area (Å²) in [6.07, 6.45) is 0. The summed E-state index contributed by atoms with van der Waals surface area (Å²) in [6.45, 7) is 6.52. The highest BCUT2D eigenvalue weighted by Crippen LogP contribution is 2.32. The molecule has 3 aromatic carbocycles. The van der Waals surface area contributed by atoms with Crippen LogP contribution in [0.15, 0.2) is 77.2 Å². The molecule has 0 atom stereocenters. The summed E-state index contributed by atoms with van der Waals surface area (Å²) < 4.78 is 11.4. The number of rotatable bonds is 6. The average Bonchev–Trinajstić information content (AvgIpc) is 3.29. The second-order valence-electron chi connectivity index (χ2n) is 7.97. The van der Waals surface area contributed by atoms with Crippen LogP contribution in [0.5, 0.6) is 0 Å². The lowest BCUT2D eigenvalue weighted by atomic mass is 9.96. The quantitative estimate of drug-likeness (QED) is 0.452. The molecule has 0 unspecified atom stereocenters. The van der Waals surface area contributed by atoms with Gasteiger partial charge in [-0.1, -0.05) is 59.7 Å².